The van der Waals surface area contributed by atoms with Gasteiger partial charge in [-0.3, -0.25) is 9.59 Å². The Labute approximate surface area is 101 Å². The van der Waals surface area contributed by atoms with E-state index in [0.29, 0.717) is 25.9 Å². The van der Waals surface area contributed by atoms with Gasteiger partial charge in [-0.25, -0.2) is 0 Å². The van der Waals surface area contributed by atoms with Gasteiger partial charge in [0.2, 0.25) is 5.91 Å². The molecule has 1 saturated heterocycles. The van der Waals surface area contributed by atoms with Crippen molar-refractivity contribution in [3.05, 3.63) is 0 Å². The molecule has 1 heterocycles. The first-order valence-electron chi connectivity index (χ1n) is 5.97. The van der Waals surface area contributed by atoms with Crippen LogP contribution in [0.4, 0.5) is 0 Å². The summed E-state index contributed by atoms with van der Waals surface area (Å²) in [5, 5.41) is 9.12. The molecule has 2 aliphatic rings. The Kier molecular flexibility index (Phi) is 2.69. The average Bonchev–Trinajstić information content (AvgIpc) is 2.93. The summed E-state index contributed by atoms with van der Waals surface area (Å²) in [5.41, 5.74) is -1.53. The van der Waals surface area contributed by atoms with E-state index in [2.05, 4.69) is 0 Å². The summed E-state index contributed by atoms with van der Waals surface area (Å²) < 4.78 is 5.71. The quantitative estimate of drug-likeness (QED) is 0.729. The highest BCUT2D eigenvalue weighted by molar-refractivity contribution is 6.04. The predicted molar refractivity (Wildman–Crippen MR) is 60.5 cm³/mol. The summed E-state index contributed by atoms with van der Waals surface area (Å²) in [7, 11) is 0. The number of amides is 1. The standard InChI is InChI=1S/C12H19NO4/c1-8-6-13(7-11(2,3)17-8)9(14)12(4-5-12)10(15)16/h8H,4-7H2,1-3H3,(H,15,16). The summed E-state index contributed by atoms with van der Waals surface area (Å²) >= 11 is 0. The van der Waals surface area contributed by atoms with Crippen molar-refractivity contribution in [1.82, 2.24) is 4.90 Å². The molecular weight excluding hydrogens is 222 g/mol. The Hall–Kier alpha value is -1.10. The van der Waals surface area contributed by atoms with E-state index < -0.39 is 17.0 Å². The van der Waals surface area contributed by atoms with Crippen LogP contribution in [0.25, 0.3) is 0 Å². The number of carboxylic acids is 1. The number of carbonyl (C=O) groups excluding carboxylic acids is 1. The number of morpholine rings is 1. The van der Waals surface area contributed by atoms with E-state index in [4.69, 9.17) is 9.84 Å². The fourth-order valence-corrected chi connectivity index (χ4v) is 2.56. The highest BCUT2D eigenvalue weighted by atomic mass is 16.5. The van der Waals surface area contributed by atoms with Crippen LogP contribution in [-0.4, -0.2) is 46.7 Å². The van der Waals surface area contributed by atoms with Crippen LogP contribution in [0.5, 0.6) is 0 Å². The van der Waals surface area contributed by atoms with Crippen molar-refractivity contribution in [3.8, 4) is 0 Å². The summed E-state index contributed by atoms with van der Waals surface area (Å²) in [6.07, 6.45) is 0.882. The fraction of sp³-hybridized carbons (Fsp3) is 0.833. The second kappa shape index (κ2) is 3.70. The van der Waals surface area contributed by atoms with Gasteiger partial charge in [0.1, 0.15) is 5.41 Å². The number of hydrogen-bond acceptors (Lipinski definition) is 3. The largest absolute Gasteiger partial charge is 0.480 e. The van der Waals surface area contributed by atoms with Crippen LogP contribution in [-0.2, 0) is 14.3 Å². The molecule has 1 unspecified atom stereocenters. The summed E-state index contributed by atoms with van der Waals surface area (Å²) in [6.45, 7) is 6.69. The normalized spacial score (nSPS) is 29.8. The molecular formula is C12H19NO4. The lowest BCUT2D eigenvalue weighted by molar-refractivity contribution is -0.168. The third-order valence-corrected chi connectivity index (χ3v) is 3.43. The average molecular weight is 241 g/mol. The minimum atomic E-state index is -1.13. The van der Waals surface area contributed by atoms with Gasteiger partial charge in [-0.15, -0.1) is 0 Å². The number of ether oxygens (including phenoxy) is 1. The Morgan fingerprint density at radius 3 is 2.35 bits per heavy atom. The number of nitrogens with zero attached hydrogens (tertiary/aromatic N) is 1. The van der Waals surface area contributed by atoms with E-state index in [9.17, 15) is 9.59 Å². The van der Waals surface area contributed by atoms with E-state index in [-0.39, 0.29) is 12.0 Å². The summed E-state index contributed by atoms with van der Waals surface area (Å²) in [6, 6.07) is 0. The Bertz CT molecular complexity index is 360. The van der Waals surface area contributed by atoms with Crippen molar-refractivity contribution in [3.63, 3.8) is 0 Å². The SMILES string of the molecule is CC1CN(C(=O)C2(C(=O)O)CC2)CC(C)(C)O1. The van der Waals surface area contributed by atoms with Gasteiger partial charge in [0.05, 0.1) is 11.7 Å². The lowest BCUT2D eigenvalue weighted by Gasteiger charge is -2.42. The van der Waals surface area contributed by atoms with Crippen molar-refractivity contribution < 1.29 is 19.4 Å². The number of rotatable bonds is 2. The molecule has 0 aromatic rings. The van der Waals surface area contributed by atoms with Crippen LogP contribution < -0.4 is 0 Å². The van der Waals surface area contributed by atoms with Crippen molar-refractivity contribution in [1.29, 1.82) is 0 Å². The maximum atomic E-state index is 12.2. The van der Waals surface area contributed by atoms with Gasteiger partial charge < -0.3 is 14.7 Å². The third-order valence-electron chi connectivity index (χ3n) is 3.43. The van der Waals surface area contributed by atoms with Gasteiger partial charge in [-0.2, -0.15) is 0 Å². The smallest absolute Gasteiger partial charge is 0.319 e. The molecule has 2 rings (SSSR count). The highest BCUT2D eigenvalue weighted by Crippen LogP contribution is 2.48. The van der Waals surface area contributed by atoms with Crippen LogP contribution in [0.1, 0.15) is 33.6 Å². The molecule has 0 radical (unpaired) electrons. The number of carbonyl (C=O) groups is 2. The lowest BCUT2D eigenvalue weighted by atomic mass is 10.0. The van der Waals surface area contributed by atoms with Gasteiger partial charge >= 0.3 is 5.97 Å². The maximum absolute atomic E-state index is 12.2. The van der Waals surface area contributed by atoms with E-state index in [1.165, 1.54) is 0 Å². The molecule has 1 saturated carbocycles. The maximum Gasteiger partial charge on any atom is 0.319 e. The monoisotopic (exact) mass is 241 g/mol. The molecule has 1 atom stereocenters. The van der Waals surface area contributed by atoms with Crippen molar-refractivity contribution in [2.45, 2.75) is 45.3 Å². The van der Waals surface area contributed by atoms with E-state index in [0.717, 1.165) is 0 Å². The molecule has 0 aromatic heterocycles. The number of aliphatic carboxylic acids is 1. The zero-order chi connectivity index (χ0) is 12.8. The second-order valence-corrected chi connectivity index (χ2v) is 5.76. The Balaban J connectivity index is 2.13. The first kappa shape index (κ1) is 12.4. The van der Waals surface area contributed by atoms with Gasteiger partial charge in [-0.05, 0) is 33.6 Å². The van der Waals surface area contributed by atoms with Gasteiger partial charge in [0.15, 0.2) is 0 Å². The molecule has 1 N–H and O–H groups in total. The molecule has 0 bridgehead atoms. The molecule has 17 heavy (non-hydrogen) atoms. The van der Waals surface area contributed by atoms with Crippen LogP contribution in [0.3, 0.4) is 0 Å². The zero-order valence-electron chi connectivity index (χ0n) is 10.5. The molecule has 96 valence electrons. The summed E-state index contributed by atoms with van der Waals surface area (Å²) in [4.78, 5) is 25.0. The number of hydrogen-bond donors (Lipinski definition) is 1. The third kappa shape index (κ3) is 2.16. The molecule has 1 aliphatic heterocycles. The first-order valence-corrected chi connectivity index (χ1v) is 5.97. The van der Waals surface area contributed by atoms with Crippen LogP contribution in [0.2, 0.25) is 0 Å². The predicted octanol–water partition coefficient (Wildman–Crippen LogP) is 0.877. The Morgan fingerprint density at radius 2 is 1.94 bits per heavy atom. The molecule has 5 heteroatoms. The van der Waals surface area contributed by atoms with Crippen LogP contribution in [0, 0.1) is 5.41 Å². The van der Waals surface area contributed by atoms with Crippen LogP contribution >= 0.6 is 0 Å². The highest BCUT2D eigenvalue weighted by Gasteiger charge is 2.59. The van der Waals surface area contributed by atoms with Crippen molar-refractivity contribution in [2.24, 2.45) is 5.41 Å². The minimum Gasteiger partial charge on any atom is -0.480 e. The van der Waals surface area contributed by atoms with Gasteiger partial charge in [0.25, 0.3) is 0 Å². The zero-order valence-corrected chi connectivity index (χ0v) is 10.5. The fourth-order valence-electron chi connectivity index (χ4n) is 2.56. The van der Waals surface area contributed by atoms with E-state index in [1.54, 1.807) is 4.90 Å². The molecule has 2 fully saturated rings. The van der Waals surface area contributed by atoms with E-state index in [1.807, 2.05) is 20.8 Å². The lowest BCUT2D eigenvalue weighted by Crippen LogP contribution is -2.56. The molecule has 0 spiro atoms. The molecule has 1 aliphatic carbocycles. The molecule has 0 aromatic carbocycles. The minimum absolute atomic E-state index is 0.0488. The molecule has 5 nitrogen and oxygen atoms in total. The molecule has 1 amide bonds. The van der Waals surface area contributed by atoms with Crippen molar-refractivity contribution >= 4 is 11.9 Å². The topological polar surface area (TPSA) is 66.8 Å². The summed E-state index contributed by atoms with van der Waals surface area (Å²) in [5.74, 6) is -1.23. The first-order chi connectivity index (χ1) is 7.77. The van der Waals surface area contributed by atoms with Crippen molar-refractivity contribution in [2.75, 3.05) is 13.1 Å². The second-order valence-electron chi connectivity index (χ2n) is 5.76. The Morgan fingerprint density at radius 1 is 1.35 bits per heavy atom. The van der Waals surface area contributed by atoms with Crippen LogP contribution in [0.15, 0.2) is 0 Å². The van der Waals surface area contributed by atoms with E-state index >= 15 is 0 Å². The van der Waals surface area contributed by atoms with Gasteiger partial charge in [0, 0.05) is 13.1 Å². The van der Waals surface area contributed by atoms with Gasteiger partial charge in [-0.1, -0.05) is 0 Å². The number of carboxylic acid groups (broad SMARTS) is 1.